The highest BCUT2D eigenvalue weighted by Crippen LogP contribution is 2.33. The number of aryl methyl sites for hydroxylation is 2. The summed E-state index contributed by atoms with van der Waals surface area (Å²) in [6.07, 6.45) is 3.25. The van der Waals surface area contributed by atoms with Crippen LogP contribution < -0.4 is 14.8 Å². The van der Waals surface area contributed by atoms with Gasteiger partial charge < -0.3 is 24.4 Å². The number of ether oxygens (including phenoxy) is 3. The largest absolute Gasteiger partial charge is 0.493 e. The number of amides is 2. The molecule has 1 fully saturated rings. The molecule has 2 atom stereocenters. The number of aromatic nitrogens is 2. The second kappa shape index (κ2) is 13.4. The van der Waals surface area contributed by atoms with Gasteiger partial charge in [-0.15, -0.1) is 0 Å². The van der Waals surface area contributed by atoms with E-state index >= 15 is 0 Å². The normalized spacial score (nSPS) is 20.6. The summed E-state index contributed by atoms with van der Waals surface area (Å²) in [6.45, 7) is 7.07. The monoisotopic (exact) mass is 575 g/mol. The molecule has 4 bridgehead atoms. The molecule has 2 aromatic carbocycles. The lowest BCUT2D eigenvalue weighted by atomic mass is 10.0. The lowest BCUT2D eigenvalue weighted by Gasteiger charge is -2.39. The number of rotatable bonds is 4. The number of nitrogens with zero attached hydrogens (tertiary/aromatic N) is 4. The number of hydrogen-bond donors (Lipinski definition) is 1. The summed E-state index contributed by atoms with van der Waals surface area (Å²) in [5.74, 6) is 1.64. The summed E-state index contributed by atoms with van der Waals surface area (Å²) in [5.41, 5.74) is 4.24. The van der Waals surface area contributed by atoms with E-state index in [1.165, 1.54) is 5.56 Å². The van der Waals surface area contributed by atoms with Crippen molar-refractivity contribution in [1.82, 2.24) is 24.9 Å². The van der Waals surface area contributed by atoms with E-state index in [0.717, 1.165) is 36.3 Å². The van der Waals surface area contributed by atoms with Gasteiger partial charge in [0, 0.05) is 50.9 Å². The molecule has 0 spiro atoms. The first-order valence-electron chi connectivity index (χ1n) is 14.6. The average molecular weight is 576 g/mol. The summed E-state index contributed by atoms with van der Waals surface area (Å²) in [7, 11) is 3.56. The number of nitrogens with one attached hydrogen (secondary N) is 1. The molecular formula is C32H41N5O5. The molecule has 1 N–H and O–H groups in total. The number of carbonyl (C=O) groups excluding carboxylic acids is 2. The van der Waals surface area contributed by atoms with Crippen LogP contribution in [0.5, 0.6) is 17.2 Å². The molecular weight excluding hydrogens is 534 g/mol. The molecule has 0 saturated carbocycles. The third-order valence-electron chi connectivity index (χ3n) is 8.24. The van der Waals surface area contributed by atoms with E-state index in [4.69, 9.17) is 14.2 Å². The topological polar surface area (TPSA) is 98.2 Å². The van der Waals surface area contributed by atoms with Crippen LogP contribution in [-0.4, -0.2) is 76.8 Å². The fourth-order valence-electron chi connectivity index (χ4n) is 5.60. The van der Waals surface area contributed by atoms with Gasteiger partial charge in [-0.05, 0) is 62.1 Å². The lowest BCUT2D eigenvalue weighted by Crippen LogP contribution is -2.56. The number of likely N-dealkylation sites (N-methyl/N-ethyl adjacent to an activating group) is 1. The highest BCUT2D eigenvalue weighted by atomic mass is 16.5. The molecule has 1 saturated heterocycles. The Morgan fingerprint density at radius 2 is 1.98 bits per heavy atom. The molecule has 3 aromatic rings. The molecule has 0 unspecified atom stereocenters. The molecule has 10 nitrogen and oxygen atoms in total. The minimum atomic E-state index is -0.231. The lowest BCUT2D eigenvalue weighted by molar-refractivity contribution is -0.136. The smallest absolute Gasteiger partial charge is 0.239 e. The Balaban J connectivity index is 1.40. The molecule has 10 heteroatoms. The Kier molecular flexibility index (Phi) is 9.44. The molecule has 0 radical (unpaired) electrons. The minimum Gasteiger partial charge on any atom is -0.493 e. The van der Waals surface area contributed by atoms with E-state index < -0.39 is 0 Å². The van der Waals surface area contributed by atoms with Gasteiger partial charge in [0.1, 0.15) is 5.75 Å². The quantitative estimate of drug-likeness (QED) is 0.508. The van der Waals surface area contributed by atoms with Crippen molar-refractivity contribution in [3.8, 4) is 17.2 Å². The first kappa shape index (κ1) is 29.6. The summed E-state index contributed by atoms with van der Waals surface area (Å²) in [6, 6.07) is 13.4. The third kappa shape index (κ3) is 7.11. The minimum absolute atomic E-state index is 0.0240. The molecule has 2 aliphatic rings. The third-order valence-corrected chi connectivity index (χ3v) is 8.24. The van der Waals surface area contributed by atoms with Crippen LogP contribution in [0.3, 0.4) is 0 Å². The molecule has 224 valence electrons. The Bertz CT molecular complexity index is 1410. The molecule has 3 heterocycles. The van der Waals surface area contributed by atoms with Gasteiger partial charge in [-0.1, -0.05) is 18.2 Å². The zero-order valence-electron chi connectivity index (χ0n) is 25.0. The fraction of sp³-hybridized carbons (Fsp3) is 0.469. The van der Waals surface area contributed by atoms with Crippen molar-refractivity contribution in [3.05, 3.63) is 71.0 Å². The maximum Gasteiger partial charge on any atom is 0.239 e. The number of methoxy groups -OCH3 is 1. The van der Waals surface area contributed by atoms with Crippen molar-refractivity contribution < 1.29 is 23.8 Å². The maximum absolute atomic E-state index is 13.2. The first-order valence-corrected chi connectivity index (χ1v) is 14.6. The van der Waals surface area contributed by atoms with Gasteiger partial charge in [-0.2, -0.15) is 5.10 Å². The number of likely N-dealkylation sites (tertiary alicyclic amines) is 1. The van der Waals surface area contributed by atoms with Gasteiger partial charge >= 0.3 is 0 Å². The van der Waals surface area contributed by atoms with Crippen LogP contribution in [0.4, 0.5) is 0 Å². The highest BCUT2D eigenvalue weighted by molar-refractivity contribution is 5.85. The molecule has 0 aliphatic carbocycles. The van der Waals surface area contributed by atoms with Crippen LogP contribution in [0, 0.1) is 6.92 Å². The average Bonchev–Trinajstić information content (AvgIpc) is 3.30. The van der Waals surface area contributed by atoms with E-state index in [0.29, 0.717) is 49.8 Å². The van der Waals surface area contributed by atoms with Crippen LogP contribution in [0.25, 0.3) is 0 Å². The Morgan fingerprint density at radius 1 is 1.12 bits per heavy atom. The number of benzene rings is 2. The van der Waals surface area contributed by atoms with Crippen molar-refractivity contribution in [2.75, 3.05) is 33.3 Å². The number of fused-ring (bicyclic) bond motifs is 5. The second-order valence-corrected chi connectivity index (χ2v) is 11.1. The van der Waals surface area contributed by atoms with E-state index in [1.807, 2.05) is 67.3 Å². The fourth-order valence-corrected chi connectivity index (χ4v) is 5.60. The van der Waals surface area contributed by atoms with Crippen molar-refractivity contribution >= 4 is 11.8 Å². The highest BCUT2D eigenvalue weighted by Gasteiger charge is 2.32. The SMILES string of the molecule is CCN1CC(=O)N[C@H]2CCN(Cc3cnn(C)c3C)C[C@@H]2OCc2cccc(c2)Oc2cc(ccc2OC)CCC1=O. The summed E-state index contributed by atoms with van der Waals surface area (Å²) >= 11 is 0. The number of hydrogen-bond acceptors (Lipinski definition) is 7. The summed E-state index contributed by atoms with van der Waals surface area (Å²) in [5, 5.41) is 7.58. The van der Waals surface area contributed by atoms with Crippen LogP contribution in [0.2, 0.25) is 0 Å². The standard InChI is InChI=1S/C32H41N5O5/c1-5-37-20-31(38)34-27-13-14-36(18-25-17-33-35(3)22(25)2)19-30(27)41-21-24-7-6-8-26(15-24)42-29-16-23(10-12-32(37)39)9-11-28(29)40-4/h6-9,11,15-17,27,30H,5,10,12-14,18-21H2,1-4H3,(H,34,38)/t27-,30-/m0/s1. The van der Waals surface area contributed by atoms with Crippen molar-refractivity contribution in [1.29, 1.82) is 0 Å². The molecule has 5 rings (SSSR count). The second-order valence-electron chi connectivity index (χ2n) is 11.1. The predicted octanol–water partition coefficient (Wildman–Crippen LogP) is 3.60. The maximum atomic E-state index is 13.2. The Labute approximate surface area is 247 Å². The van der Waals surface area contributed by atoms with Crippen molar-refractivity contribution in [3.63, 3.8) is 0 Å². The zero-order valence-corrected chi connectivity index (χ0v) is 25.0. The molecule has 2 aliphatic heterocycles. The Morgan fingerprint density at radius 3 is 2.74 bits per heavy atom. The zero-order chi connectivity index (χ0) is 29.6. The van der Waals surface area contributed by atoms with Gasteiger partial charge in [0.15, 0.2) is 11.5 Å². The van der Waals surface area contributed by atoms with E-state index in [9.17, 15) is 9.59 Å². The van der Waals surface area contributed by atoms with Crippen LogP contribution in [-0.2, 0) is 40.9 Å². The van der Waals surface area contributed by atoms with E-state index in [1.54, 1.807) is 12.0 Å². The summed E-state index contributed by atoms with van der Waals surface area (Å²) in [4.78, 5) is 30.3. The van der Waals surface area contributed by atoms with Crippen LogP contribution >= 0.6 is 0 Å². The Hall–Kier alpha value is -3.89. The van der Waals surface area contributed by atoms with Crippen LogP contribution in [0.15, 0.2) is 48.7 Å². The predicted molar refractivity (Wildman–Crippen MR) is 158 cm³/mol. The van der Waals surface area contributed by atoms with Crippen LogP contribution in [0.1, 0.15) is 42.1 Å². The number of piperidine rings is 1. The van der Waals surface area contributed by atoms with Crippen molar-refractivity contribution in [2.45, 2.75) is 58.4 Å². The van der Waals surface area contributed by atoms with Gasteiger partial charge in [-0.3, -0.25) is 19.2 Å². The molecule has 1 aromatic heterocycles. The van der Waals surface area contributed by atoms with Gasteiger partial charge in [-0.25, -0.2) is 0 Å². The van der Waals surface area contributed by atoms with Gasteiger partial charge in [0.2, 0.25) is 11.8 Å². The summed E-state index contributed by atoms with van der Waals surface area (Å²) < 4.78 is 20.2. The molecule has 2 amide bonds. The van der Waals surface area contributed by atoms with Gasteiger partial charge in [0.25, 0.3) is 0 Å². The van der Waals surface area contributed by atoms with Gasteiger partial charge in [0.05, 0.1) is 38.6 Å². The first-order chi connectivity index (χ1) is 20.3. The van der Waals surface area contributed by atoms with E-state index in [-0.39, 0.29) is 30.5 Å². The van der Waals surface area contributed by atoms with E-state index in [2.05, 4.69) is 22.2 Å². The number of carbonyl (C=O) groups is 2. The van der Waals surface area contributed by atoms with Crippen molar-refractivity contribution in [2.24, 2.45) is 7.05 Å². The molecule has 42 heavy (non-hydrogen) atoms.